The van der Waals surface area contributed by atoms with E-state index in [0.29, 0.717) is 17.0 Å². The predicted molar refractivity (Wildman–Crippen MR) is 65.9 cm³/mol. The summed E-state index contributed by atoms with van der Waals surface area (Å²) in [6.45, 7) is 1.91. The molecule has 0 bridgehead atoms. The van der Waals surface area contributed by atoms with Gasteiger partial charge < -0.3 is 4.57 Å². The fraction of sp³-hybridized carbons (Fsp3) is 0.167. The number of hydrogen-bond acceptors (Lipinski definition) is 3. The van der Waals surface area contributed by atoms with Crippen LogP contribution in [-0.2, 0) is 4.57 Å². The Morgan fingerprint density at radius 2 is 1.50 bits per heavy atom. The molecular formula is C12H13N2OP. The Bertz CT molecular complexity index is 455. The molecule has 0 atom stereocenters. The molecule has 0 radical (unpaired) electrons. The Labute approximate surface area is 94.9 Å². The smallest absolute Gasteiger partial charge is 0.177 e. The van der Waals surface area contributed by atoms with Crippen LogP contribution in [0.3, 0.4) is 0 Å². The first-order valence-corrected chi connectivity index (χ1v) is 7.09. The Morgan fingerprint density at radius 3 is 1.81 bits per heavy atom. The molecule has 3 nitrogen and oxygen atoms in total. The summed E-state index contributed by atoms with van der Waals surface area (Å²) in [7, 11) is -2.63. The molecule has 0 fully saturated rings. The average Bonchev–Trinajstić information content (AvgIpc) is 2.40. The van der Waals surface area contributed by atoms with Crippen molar-refractivity contribution in [1.82, 2.24) is 9.97 Å². The maximum Gasteiger partial charge on any atom is 0.177 e. The number of hydrogen-bond donors (Lipinski definition) is 0. The molecule has 0 aromatic carbocycles. The molecule has 2 heterocycles. The molecule has 82 valence electrons. The lowest BCUT2D eigenvalue weighted by Gasteiger charge is -2.14. The van der Waals surface area contributed by atoms with Crippen LogP contribution in [0, 0.1) is 0 Å². The Balaban J connectivity index is 2.54. The highest BCUT2D eigenvalue weighted by Crippen LogP contribution is 2.40. The molecule has 0 aliphatic carbocycles. The maximum absolute atomic E-state index is 12.9. The third kappa shape index (κ3) is 1.91. The van der Waals surface area contributed by atoms with Crippen LogP contribution in [0.25, 0.3) is 0 Å². The van der Waals surface area contributed by atoms with Gasteiger partial charge in [-0.05, 0) is 24.3 Å². The van der Waals surface area contributed by atoms with E-state index in [9.17, 15) is 4.57 Å². The highest BCUT2D eigenvalue weighted by atomic mass is 31.2. The highest BCUT2D eigenvalue weighted by Gasteiger charge is 2.27. The van der Waals surface area contributed by atoms with Gasteiger partial charge >= 0.3 is 0 Å². The van der Waals surface area contributed by atoms with Gasteiger partial charge in [0.25, 0.3) is 0 Å². The number of rotatable bonds is 3. The van der Waals surface area contributed by atoms with Crippen LogP contribution in [0.2, 0.25) is 0 Å². The second-order valence-electron chi connectivity index (χ2n) is 3.43. The molecule has 4 heteroatoms. The molecule has 0 unspecified atom stereocenters. The fourth-order valence-corrected chi connectivity index (χ4v) is 3.62. The first kappa shape index (κ1) is 11.0. The molecule has 0 N–H and O–H groups in total. The third-order valence-corrected chi connectivity index (χ3v) is 5.38. The van der Waals surface area contributed by atoms with Crippen molar-refractivity contribution in [2.75, 3.05) is 6.16 Å². The summed E-state index contributed by atoms with van der Waals surface area (Å²) in [5.41, 5.74) is 1.27. The van der Waals surface area contributed by atoms with Gasteiger partial charge in [0.2, 0.25) is 0 Å². The summed E-state index contributed by atoms with van der Waals surface area (Å²) >= 11 is 0. The monoisotopic (exact) mass is 232 g/mol. The molecule has 16 heavy (non-hydrogen) atoms. The first-order valence-electron chi connectivity index (χ1n) is 5.19. The molecule has 0 spiro atoms. The molecule has 0 aliphatic rings. The van der Waals surface area contributed by atoms with Crippen LogP contribution < -0.4 is 10.9 Å². The summed E-state index contributed by atoms with van der Waals surface area (Å²) in [4.78, 5) is 8.39. The van der Waals surface area contributed by atoms with Gasteiger partial charge in [-0.2, -0.15) is 0 Å². The van der Waals surface area contributed by atoms with Crippen molar-refractivity contribution in [3.05, 3.63) is 48.8 Å². The predicted octanol–water partition coefficient (Wildman–Crippen LogP) is 1.81. The number of pyridine rings is 2. The normalized spacial score (nSPS) is 11.3. The van der Waals surface area contributed by atoms with E-state index >= 15 is 0 Å². The summed E-state index contributed by atoms with van der Waals surface area (Å²) in [5.74, 6) is 0. The Hall–Kier alpha value is -1.47. The minimum Gasteiger partial charge on any atom is -0.310 e. The molecular weight excluding hydrogens is 219 g/mol. The molecule has 2 aromatic rings. The standard InChI is InChI=1S/C12H13N2OP/c1-2-16(15,11-7-3-5-9-13-11)12-8-4-6-10-14-12/h3-10H,2H2,1H3. The van der Waals surface area contributed by atoms with Crippen molar-refractivity contribution in [1.29, 1.82) is 0 Å². The number of aromatic nitrogens is 2. The van der Waals surface area contributed by atoms with Crippen molar-refractivity contribution in [3.8, 4) is 0 Å². The highest BCUT2D eigenvalue weighted by molar-refractivity contribution is 7.78. The lowest BCUT2D eigenvalue weighted by atomic mass is 10.5. The van der Waals surface area contributed by atoms with Crippen molar-refractivity contribution in [2.45, 2.75) is 6.92 Å². The van der Waals surface area contributed by atoms with Crippen LogP contribution in [0.4, 0.5) is 0 Å². The van der Waals surface area contributed by atoms with Gasteiger partial charge in [-0.3, -0.25) is 9.97 Å². The van der Waals surface area contributed by atoms with Crippen molar-refractivity contribution >= 4 is 18.0 Å². The van der Waals surface area contributed by atoms with Crippen LogP contribution in [-0.4, -0.2) is 16.1 Å². The summed E-state index contributed by atoms with van der Waals surface area (Å²) in [5, 5.41) is 0. The topological polar surface area (TPSA) is 42.9 Å². The molecule has 2 rings (SSSR count). The summed E-state index contributed by atoms with van der Waals surface area (Å²) in [6, 6.07) is 11.0. The van der Waals surface area contributed by atoms with Crippen LogP contribution in [0.1, 0.15) is 6.92 Å². The Kier molecular flexibility index (Phi) is 3.16. The van der Waals surface area contributed by atoms with E-state index in [4.69, 9.17) is 0 Å². The summed E-state index contributed by atoms with van der Waals surface area (Å²) < 4.78 is 12.9. The van der Waals surface area contributed by atoms with Gasteiger partial charge in [0.1, 0.15) is 10.9 Å². The van der Waals surface area contributed by atoms with E-state index in [1.54, 1.807) is 24.5 Å². The van der Waals surface area contributed by atoms with Crippen LogP contribution in [0.15, 0.2) is 48.8 Å². The molecule has 0 saturated heterocycles. The summed E-state index contributed by atoms with van der Waals surface area (Å²) in [6.07, 6.45) is 3.88. The maximum atomic E-state index is 12.9. The van der Waals surface area contributed by atoms with E-state index < -0.39 is 7.14 Å². The van der Waals surface area contributed by atoms with E-state index in [2.05, 4.69) is 9.97 Å². The quantitative estimate of drug-likeness (QED) is 0.758. The zero-order chi connectivity index (χ0) is 11.4. The number of nitrogens with zero attached hydrogens (tertiary/aromatic N) is 2. The van der Waals surface area contributed by atoms with E-state index in [-0.39, 0.29) is 0 Å². The van der Waals surface area contributed by atoms with Gasteiger partial charge in [-0.15, -0.1) is 0 Å². The molecule has 0 amide bonds. The lowest BCUT2D eigenvalue weighted by Crippen LogP contribution is -2.22. The largest absolute Gasteiger partial charge is 0.310 e. The second-order valence-corrected chi connectivity index (χ2v) is 6.46. The van der Waals surface area contributed by atoms with E-state index in [1.165, 1.54) is 0 Å². The Morgan fingerprint density at radius 1 is 1.00 bits per heavy atom. The van der Waals surface area contributed by atoms with Gasteiger partial charge in [0, 0.05) is 18.6 Å². The zero-order valence-corrected chi connectivity index (χ0v) is 9.97. The minimum absolute atomic E-state index is 0.543. The van der Waals surface area contributed by atoms with Gasteiger partial charge in [0.05, 0.1) is 0 Å². The van der Waals surface area contributed by atoms with Gasteiger partial charge in [-0.1, -0.05) is 19.1 Å². The second kappa shape index (κ2) is 4.58. The zero-order valence-electron chi connectivity index (χ0n) is 9.08. The van der Waals surface area contributed by atoms with Gasteiger partial charge in [0.15, 0.2) is 7.14 Å². The molecule has 2 aromatic heterocycles. The minimum atomic E-state index is -2.63. The van der Waals surface area contributed by atoms with Crippen LogP contribution >= 0.6 is 7.14 Å². The molecule has 0 aliphatic heterocycles. The lowest BCUT2D eigenvalue weighted by molar-refractivity contribution is 0.586. The fourth-order valence-electron chi connectivity index (χ4n) is 1.58. The van der Waals surface area contributed by atoms with E-state index in [1.807, 2.05) is 31.2 Å². The SMILES string of the molecule is CCP(=O)(c1ccccn1)c1ccccn1. The van der Waals surface area contributed by atoms with Crippen molar-refractivity contribution in [2.24, 2.45) is 0 Å². The van der Waals surface area contributed by atoms with Gasteiger partial charge in [-0.25, -0.2) is 0 Å². The third-order valence-electron chi connectivity index (χ3n) is 2.48. The van der Waals surface area contributed by atoms with E-state index in [0.717, 1.165) is 0 Å². The first-order chi connectivity index (χ1) is 7.77. The van der Waals surface area contributed by atoms with Crippen molar-refractivity contribution < 1.29 is 4.57 Å². The average molecular weight is 232 g/mol. The molecule has 0 saturated carbocycles. The van der Waals surface area contributed by atoms with Crippen molar-refractivity contribution in [3.63, 3.8) is 0 Å². The van der Waals surface area contributed by atoms with Crippen LogP contribution in [0.5, 0.6) is 0 Å².